The number of carboxylic acid groups (broad SMARTS) is 1. The minimum absolute atomic E-state index is 0.190. The first-order valence-electron chi connectivity index (χ1n) is 6.82. The van der Waals surface area contributed by atoms with Gasteiger partial charge < -0.3 is 19.3 Å². The van der Waals surface area contributed by atoms with Gasteiger partial charge in [-0.1, -0.05) is 0 Å². The maximum Gasteiger partial charge on any atom is 0.323 e. The number of likely N-dealkylation sites (tertiary alicyclic amines) is 1. The van der Waals surface area contributed by atoms with Crippen LogP contribution in [-0.4, -0.2) is 58.9 Å². The molecular weight excluding hydrogens is 276 g/mol. The molecule has 2 amide bonds. The van der Waals surface area contributed by atoms with Crippen LogP contribution in [0.3, 0.4) is 0 Å². The number of rotatable bonds is 4. The molecule has 0 saturated carbocycles. The summed E-state index contributed by atoms with van der Waals surface area (Å²) in [6.45, 7) is 0.0922. The number of nitrogens with zero attached hydrogens (tertiary/aromatic N) is 2. The van der Waals surface area contributed by atoms with Gasteiger partial charge in [-0.05, 0) is 31.4 Å². The van der Waals surface area contributed by atoms with Crippen LogP contribution in [0, 0.1) is 0 Å². The number of carbonyl (C=O) groups excluding carboxylic acids is 2. The van der Waals surface area contributed by atoms with Crippen LogP contribution in [0.4, 0.5) is 0 Å². The van der Waals surface area contributed by atoms with Gasteiger partial charge in [0.25, 0.3) is 5.91 Å². The molecule has 2 rings (SSSR count). The van der Waals surface area contributed by atoms with Gasteiger partial charge >= 0.3 is 5.97 Å². The van der Waals surface area contributed by atoms with Crippen LogP contribution in [0.1, 0.15) is 29.8 Å². The van der Waals surface area contributed by atoms with E-state index in [0.717, 1.165) is 17.7 Å². The summed E-state index contributed by atoms with van der Waals surface area (Å²) in [5, 5.41) is 8.77. The summed E-state index contributed by atoms with van der Waals surface area (Å²) in [5.41, 5.74) is 0. The van der Waals surface area contributed by atoms with Crippen molar-refractivity contribution >= 4 is 17.8 Å². The molecule has 0 aromatic carbocycles. The fourth-order valence-corrected chi connectivity index (χ4v) is 2.51. The van der Waals surface area contributed by atoms with E-state index in [4.69, 9.17) is 9.52 Å². The number of amides is 2. The molecule has 1 N–H and O–H groups in total. The first kappa shape index (κ1) is 15.1. The second-order valence-electron chi connectivity index (χ2n) is 5.08. The summed E-state index contributed by atoms with van der Waals surface area (Å²) in [7, 11) is 1.43. The van der Waals surface area contributed by atoms with Crippen LogP contribution in [0.25, 0.3) is 0 Å². The number of aliphatic carboxylic acids is 1. The molecule has 0 radical (unpaired) electrons. The summed E-state index contributed by atoms with van der Waals surface area (Å²) in [6.07, 6.45) is 3.60. The van der Waals surface area contributed by atoms with E-state index in [-0.39, 0.29) is 24.1 Å². The van der Waals surface area contributed by atoms with Gasteiger partial charge in [0.05, 0.1) is 6.26 Å². The van der Waals surface area contributed by atoms with Gasteiger partial charge in [0.1, 0.15) is 12.6 Å². The lowest BCUT2D eigenvalue weighted by molar-refractivity contribution is -0.145. The van der Waals surface area contributed by atoms with Crippen molar-refractivity contribution in [1.82, 2.24) is 9.80 Å². The van der Waals surface area contributed by atoms with Crippen molar-refractivity contribution in [2.75, 3.05) is 20.1 Å². The van der Waals surface area contributed by atoms with Gasteiger partial charge in [0.2, 0.25) is 5.91 Å². The second-order valence-corrected chi connectivity index (χ2v) is 5.08. The third-order valence-electron chi connectivity index (χ3n) is 3.53. The summed E-state index contributed by atoms with van der Waals surface area (Å²) in [6, 6.07) is 2.55. The maximum atomic E-state index is 12.4. The van der Waals surface area contributed by atoms with E-state index in [1.165, 1.54) is 18.2 Å². The van der Waals surface area contributed by atoms with E-state index in [2.05, 4.69) is 0 Å². The Morgan fingerprint density at radius 1 is 1.43 bits per heavy atom. The lowest BCUT2D eigenvalue weighted by Crippen LogP contribution is -2.52. The van der Waals surface area contributed by atoms with Crippen molar-refractivity contribution in [3.05, 3.63) is 24.2 Å². The van der Waals surface area contributed by atoms with Crippen molar-refractivity contribution in [2.45, 2.75) is 25.3 Å². The van der Waals surface area contributed by atoms with Crippen molar-refractivity contribution in [2.24, 2.45) is 0 Å². The SMILES string of the molecule is CN(CC(=O)O)C(=O)C1CCCCN1C(=O)c1ccco1. The van der Waals surface area contributed by atoms with E-state index >= 15 is 0 Å². The largest absolute Gasteiger partial charge is 0.480 e. The predicted octanol–water partition coefficient (Wildman–Crippen LogP) is 0.817. The highest BCUT2D eigenvalue weighted by molar-refractivity contribution is 5.96. The van der Waals surface area contributed by atoms with Crippen LogP contribution >= 0.6 is 0 Å². The minimum Gasteiger partial charge on any atom is -0.480 e. The number of piperidine rings is 1. The quantitative estimate of drug-likeness (QED) is 0.887. The monoisotopic (exact) mass is 294 g/mol. The van der Waals surface area contributed by atoms with Gasteiger partial charge in [-0.2, -0.15) is 0 Å². The van der Waals surface area contributed by atoms with Crippen molar-refractivity contribution in [3.63, 3.8) is 0 Å². The lowest BCUT2D eigenvalue weighted by atomic mass is 10.0. The third-order valence-corrected chi connectivity index (χ3v) is 3.53. The summed E-state index contributed by atoms with van der Waals surface area (Å²) in [5.74, 6) is -1.57. The molecule has 1 atom stereocenters. The van der Waals surface area contributed by atoms with E-state index < -0.39 is 12.0 Å². The van der Waals surface area contributed by atoms with Crippen LogP contribution in [0.2, 0.25) is 0 Å². The molecule has 1 aromatic rings. The molecular formula is C14H18N2O5. The molecule has 1 saturated heterocycles. The zero-order valence-electron chi connectivity index (χ0n) is 11.8. The van der Waals surface area contributed by atoms with Crippen LogP contribution in [-0.2, 0) is 9.59 Å². The minimum atomic E-state index is -1.08. The maximum absolute atomic E-state index is 12.4. The zero-order valence-corrected chi connectivity index (χ0v) is 11.8. The molecule has 1 aromatic heterocycles. The molecule has 1 unspecified atom stereocenters. The molecule has 21 heavy (non-hydrogen) atoms. The fourth-order valence-electron chi connectivity index (χ4n) is 2.51. The Bertz CT molecular complexity index is 525. The van der Waals surface area contributed by atoms with Gasteiger partial charge in [0.15, 0.2) is 5.76 Å². The zero-order chi connectivity index (χ0) is 15.4. The number of likely N-dealkylation sites (N-methyl/N-ethyl adjacent to an activating group) is 1. The van der Waals surface area contributed by atoms with E-state index in [1.54, 1.807) is 12.1 Å². The first-order chi connectivity index (χ1) is 10.0. The Balaban J connectivity index is 2.13. The Labute approximate surface area is 122 Å². The Morgan fingerprint density at radius 3 is 2.81 bits per heavy atom. The smallest absolute Gasteiger partial charge is 0.323 e. The number of furan rings is 1. The molecule has 0 spiro atoms. The van der Waals surface area contributed by atoms with E-state index in [1.807, 2.05) is 0 Å². The molecule has 0 bridgehead atoms. The van der Waals surface area contributed by atoms with Gasteiger partial charge in [-0.25, -0.2) is 0 Å². The average molecular weight is 294 g/mol. The molecule has 1 fully saturated rings. The average Bonchev–Trinajstić information content (AvgIpc) is 2.99. The predicted molar refractivity (Wildman–Crippen MR) is 72.7 cm³/mol. The molecule has 0 aliphatic carbocycles. The van der Waals surface area contributed by atoms with Crippen LogP contribution < -0.4 is 0 Å². The van der Waals surface area contributed by atoms with Gasteiger partial charge in [-0.15, -0.1) is 0 Å². The van der Waals surface area contributed by atoms with Gasteiger partial charge in [-0.3, -0.25) is 14.4 Å². The summed E-state index contributed by atoms with van der Waals surface area (Å²) < 4.78 is 5.09. The van der Waals surface area contributed by atoms with Crippen molar-refractivity contribution in [1.29, 1.82) is 0 Å². The highest BCUT2D eigenvalue weighted by atomic mass is 16.4. The topological polar surface area (TPSA) is 91.1 Å². The Kier molecular flexibility index (Phi) is 4.62. The second kappa shape index (κ2) is 6.43. The molecule has 7 heteroatoms. The molecule has 7 nitrogen and oxygen atoms in total. The standard InChI is InChI=1S/C14H18N2O5/c1-15(9-12(17)18)13(19)10-5-2-3-7-16(10)14(20)11-6-4-8-21-11/h4,6,8,10H,2-3,5,7,9H2,1H3,(H,17,18). The first-order valence-corrected chi connectivity index (χ1v) is 6.82. The molecule has 114 valence electrons. The van der Waals surface area contributed by atoms with E-state index in [0.29, 0.717) is 13.0 Å². The number of hydrogen-bond donors (Lipinski definition) is 1. The summed E-state index contributed by atoms with van der Waals surface area (Å²) in [4.78, 5) is 38.0. The molecule has 1 aliphatic rings. The van der Waals surface area contributed by atoms with E-state index in [9.17, 15) is 14.4 Å². The Morgan fingerprint density at radius 2 is 2.19 bits per heavy atom. The van der Waals surface area contributed by atoms with Crippen molar-refractivity contribution in [3.8, 4) is 0 Å². The lowest BCUT2D eigenvalue weighted by Gasteiger charge is -2.36. The number of carbonyl (C=O) groups is 3. The number of hydrogen-bond acceptors (Lipinski definition) is 4. The highest BCUT2D eigenvalue weighted by Gasteiger charge is 2.35. The third kappa shape index (κ3) is 3.42. The highest BCUT2D eigenvalue weighted by Crippen LogP contribution is 2.21. The Hall–Kier alpha value is -2.31. The fraction of sp³-hybridized carbons (Fsp3) is 0.500. The van der Waals surface area contributed by atoms with Crippen LogP contribution in [0.5, 0.6) is 0 Å². The van der Waals surface area contributed by atoms with Crippen molar-refractivity contribution < 1.29 is 23.9 Å². The van der Waals surface area contributed by atoms with Crippen LogP contribution in [0.15, 0.2) is 22.8 Å². The summed E-state index contributed by atoms with van der Waals surface area (Å²) >= 11 is 0. The van der Waals surface area contributed by atoms with Gasteiger partial charge in [0, 0.05) is 13.6 Å². The number of carboxylic acids is 1. The molecule has 1 aliphatic heterocycles. The molecule has 2 heterocycles. The normalized spacial score (nSPS) is 18.3.